The molecule has 0 saturated carbocycles. The van der Waals surface area contributed by atoms with Gasteiger partial charge in [0, 0.05) is 24.8 Å². The van der Waals surface area contributed by atoms with E-state index in [1.807, 2.05) is 12.1 Å². The zero-order valence-corrected chi connectivity index (χ0v) is 13.8. The van der Waals surface area contributed by atoms with Gasteiger partial charge in [-0.3, -0.25) is 0 Å². The summed E-state index contributed by atoms with van der Waals surface area (Å²) in [6.45, 7) is 6.83. The molecule has 1 fully saturated rings. The number of hydrogen-bond acceptors (Lipinski definition) is 4. The van der Waals surface area contributed by atoms with E-state index in [4.69, 9.17) is 0 Å². The SMILES string of the molecule is CCN(CC1CCCCN1)c1ccc(S(=O)(=O)CC)cc1. The minimum Gasteiger partial charge on any atom is -0.370 e. The lowest BCUT2D eigenvalue weighted by molar-refractivity contribution is 0.400. The Morgan fingerprint density at radius 2 is 1.90 bits per heavy atom. The van der Waals surface area contributed by atoms with Crippen LogP contribution in [0.25, 0.3) is 0 Å². The third kappa shape index (κ3) is 4.20. The maximum atomic E-state index is 11.8. The molecule has 1 unspecified atom stereocenters. The van der Waals surface area contributed by atoms with Crippen LogP contribution < -0.4 is 10.2 Å². The van der Waals surface area contributed by atoms with E-state index in [2.05, 4.69) is 17.1 Å². The van der Waals surface area contributed by atoms with Crippen LogP contribution >= 0.6 is 0 Å². The molecule has 0 bridgehead atoms. The van der Waals surface area contributed by atoms with Crippen LogP contribution in [0.2, 0.25) is 0 Å². The topological polar surface area (TPSA) is 49.4 Å². The molecule has 0 aliphatic carbocycles. The Bertz CT molecular complexity index is 534. The Kier molecular flexibility index (Phi) is 5.65. The van der Waals surface area contributed by atoms with Gasteiger partial charge < -0.3 is 10.2 Å². The van der Waals surface area contributed by atoms with Crippen LogP contribution in [0.15, 0.2) is 29.2 Å². The van der Waals surface area contributed by atoms with Gasteiger partial charge in [0.25, 0.3) is 0 Å². The number of nitrogens with zero attached hydrogens (tertiary/aromatic N) is 1. The van der Waals surface area contributed by atoms with Crippen LogP contribution in [0.1, 0.15) is 33.1 Å². The van der Waals surface area contributed by atoms with Gasteiger partial charge in [0.05, 0.1) is 10.6 Å². The molecule has 1 heterocycles. The highest BCUT2D eigenvalue weighted by atomic mass is 32.2. The number of likely N-dealkylation sites (N-methyl/N-ethyl adjacent to an activating group) is 1. The average Bonchev–Trinajstić information content (AvgIpc) is 2.54. The number of sulfone groups is 1. The van der Waals surface area contributed by atoms with Crippen LogP contribution in [0.3, 0.4) is 0 Å². The quantitative estimate of drug-likeness (QED) is 0.877. The molecule has 5 heteroatoms. The fraction of sp³-hybridized carbons (Fsp3) is 0.625. The van der Waals surface area contributed by atoms with Crippen LogP contribution in [-0.4, -0.2) is 39.8 Å². The van der Waals surface area contributed by atoms with Crippen molar-refractivity contribution in [1.29, 1.82) is 0 Å². The first-order valence-electron chi connectivity index (χ1n) is 7.88. The third-order valence-corrected chi connectivity index (χ3v) is 5.93. The largest absolute Gasteiger partial charge is 0.370 e. The van der Waals surface area contributed by atoms with Crippen LogP contribution in [0, 0.1) is 0 Å². The molecule has 0 spiro atoms. The molecule has 0 radical (unpaired) electrons. The van der Waals surface area contributed by atoms with Crippen molar-refractivity contribution >= 4 is 15.5 Å². The van der Waals surface area contributed by atoms with Crippen LogP contribution in [0.5, 0.6) is 0 Å². The van der Waals surface area contributed by atoms with E-state index in [1.54, 1.807) is 19.1 Å². The summed E-state index contributed by atoms with van der Waals surface area (Å²) in [5.74, 6) is 0.149. The second kappa shape index (κ2) is 7.27. The molecule has 1 N–H and O–H groups in total. The first-order valence-corrected chi connectivity index (χ1v) is 9.53. The summed E-state index contributed by atoms with van der Waals surface area (Å²) in [6, 6.07) is 7.85. The van der Waals surface area contributed by atoms with Gasteiger partial charge in [-0.2, -0.15) is 0 Å². The van der Waals surface area contributed by atoms with Crippen molar-refractivity contribution in [1.82, 2.24) is 5.32 Å². The predicted molar refractivity (Wildman–Crippen MR) is 87.7 cm³/mol. The third-order valence-electron chi connectivity index (χ3n) is 4.18. The summed E-state index contributed by atoms with van der Waals surface area (Å²) < 4.78 is 23.7. The maximum Gasteiger partial charge on any atom is 0.178 e. The van der Waals surface area contributed by atoms with Gasteiger partial charge in [0.15, 0.2) is 9.84 Å². The van der Waals surface area contributed by atoms with Crippen molar-refractivity contribution in [2.45, 2.75) is 44.0 Å². The Hall–Kier alpha value is -1.07. The first kappa shape index (κ1) is 16.3. The lowest BCUT2D eigenvalue weighted by Gasteiger charge is -2.31. The Labute approximate surface area is 128 Å². The van der Waals surface area contributed by atoms with E-state index in [0.29, 0.717) is 10.9 Å². The molecular formula is C16H26N2O2S. The molecule has 21 heavy (non-hydrogen) atoms. The van der Waals surface area contributed by atoms with Crippen molar-refractivity contribution in [2.75, 3.05) is 30.3 Å². The average molecular weight is 310 g/mol. The molecule has 1 aliphatic heterocycles. The summed E-state index contributed by atoms with van der Waals surface area (Å²) in [5, 5.41) is 3.56. The minimum absolute atomic E-state index is 0.149. The van der Waals surface area contributed by atoms with E-state index >= 15 is 0 Å². The highest BCUT2D eigenvalue weighted by Gasteiger charge is 2.17. The first-order chi connectivity index (χ1) is 10.1. The standard InChI is InChI=1S/C16H26N2O2S/c1-3-18(13-14-7-5-6-12-17-14)15-8-10-16(11-9-15)21(19,20)4-2/h8-11,14,17H,3-7,12-13H2,1-2H3. The zero-order chi connectivity index (χ0) is 15.3. The molecule has 1 aromatic carbocycles. The van der Waals surface area contributed by atoms with Crippen LogP contribution in [0.4, 0.5) is 5.69 Å². The number of anilines is 1. The highest BCUT2D eigenvalue weighted by molar-refractivity contribution is 7.91. The second-order valence-corrected chi connectivity index (χ2v) is 7.86. The van der Waals surface area contributed by atoms with Gasteiger partial charge in [-0.15, -0.1) is 0 Å². The molecule has 1 aromatic rings. The van der Waals surface area contributed by atoms with Crippen molar-refractivity contribution in [3.63, 3.8) is 0 Å². The summed E-state index contributed by atoms with van der Waals surface area (Å²) in [4.78, 5) is 2.73. The number of rotatable bonds is 6. The fourth-order valence-electron chi connectivity index (χ4n) is 2.79. The monoisotopic (exact) mass is 310 g/mol. The van der Waals surface area contributed by atoms with Crippen molar-refractivity contribution < 1.29 is 8.42 Å². The number of piperidine rings is 1. The van der Waals surface area contributed by atoms with E-state index < -0.39 is 9.84 Å². The smallest absolute Gasteiger partial charge is 0.178 e. The van der Waals surface area contributed by atoms with Gasteiger partial charge in [0.2, 0.25) is 0 Å². The van der Waals surface area contributed by atoms with Gasteiger partial charge in [-0.1, -0.05) is 13.3 Å². The zero-order valence-electron chi connectivity index (χ0n) is 13.0. The van der Waals surface area contributed by atoms with Crippen molar-refractivity contribution in [3.05, 3.63) is 24.3 Å². The van der Waals surface area contributed by atoms with Gasteiger partial charge >= 0.3 is 0 Å². The summed E-state index contributed by atoms with van der Waals surface area (Å²) >= 11 is 0. The molecule has 4 nitrogen and oxygen atoms in total. The van der Waals surface area contributed by atoms with Gasteiger partial charge in [-0.05, 0) is 50.6 Å². The summed E-state index contributed by atoms with van der Waals surface area (Å²) in [6.07, 6.45) is 3.79. The van der Waals surface area contributed by atoms with E-state index in [-0.39, 0.29) is 5.75 Å². The van der Waals surface area contributed by atoms with Crippen molar-refractivity contribution in [2.24, 2.45) is 0 Å². The minimum atomic E-state index is -3.11. The normalized spacial score (nSPS) is 19.4. The molecule has 0 aromatic heterocycles. The number of nitrogens with one attached hydrogen (secondary N) is 1. The Balaban J connectivity index is 2.08. The molecule has 1 saturated heterocycles. The molecule has 1 aliphatic rings. The fourth-order valence-corrected chi connectivity index (χ4v) is 3.68. The highest BCUT2D eigenvalue weighted by Crippen LogP contribution is 2.20. The summed E-state index contributed by atoms with van der Waals surface area (Å²) in [5.41, 5.74) is 1.10. The maximum absolute atomic E-state index is 11.8. The number of benzene rings is 1. The summed E-state index contributed by atoms with van der Waals surface area (Å²) in [7, 11) is -3.11. The number of hydrogen-bond donors (Lipinski definition) is 1. The Morgan fingerprint density at radius 1 is 1.19 bits per heavy atom. The Morgan fingerprint density at radius 3 is 2.43 bits per heavy atom. The molecular weight excluding hydrogens is 284 g/mol. The predicted octanol–water partition coefficient (Wildman–Crippen LogP) is 2.45. The van der Waals surface area contributed by atoms with E-state index in [0.717, 1.165) is 25.3 Å². The second-order valence-electron chi connectivity index (χ2n) is 5.58. The van der Waals surface area contributed by atoms with Crippen molar-refractivity contribution in [3.8, 4) is 0 Å². The van der Waals surface area contributed by atoms with Crippen LogP contribution in [-0.2, 0) is 9.84 Å². The molecule has 118 valence electrons. The van der Waals surface area contributed by atoms with E-state index in [9.17, 15) is 8.42 Å². The van der Waals surface area contributed by atoms with E-state index in [1.165, 1.54) is 19.3 Å². The van der Waals surface area contributed by atoms with Gasteiger partial charge in [0.1, 0.15) is 0 Å². The lowest BCUT2D eigenvalue weighted by Crippen LogP contribution is -2.43. The molecule has 2 rings (SSSR count). The lowest BCUT2D eigenvalue weighted by atomic mass is 10.0. The molecule has 0 amide bonds. The van der Waals surface area contributed by atoms with Gasteiger partial charge in [-0.25, -0.2) is 8.42 Å². The molecule has 1 atom stereocenters.